The van der Waals surface area contributed by atoms with Crippen LogP contribution in [0.25, 0.3) is 0 Å². The number of nitrogen functional groups attached to an aromatic ring is 1. The highest BCUT2D eigenvalue weighted by Gasteiger charge is 2.22. The summed E-state index contributed by atoms with van der Waals surface area (Å²) in [5.41, 5.74) is 5.83. The number of nitrogens with two attached hydrogens (primary N) is 1. The first-order valence-electron chi connectivity index (χ1n) is 5.64. The quantitative estimate of drug-likeness (QED) is 0.568. The van der Waals surface area contributed by atoms with Crippen LogP contribution in [-0.2, 0) is 9.53 Å². The van der Waals surface area contributed by atoms with Crippen molar-refractivity contribution in [1.29, 1.82) is 0 Å². The third-order valence-corrected chi connectivity index (χ3v) is 2.79. The summed E-state index contributed by atoms with van der Waals surface area (Å²) in [7, 11) is 1.35. The van der Waals surface area contributed by atoms with Gasteiger partial charge in [-0.1, -0.05) is 17.7 Å². The van der Waals surface area contributed by atoms with Crippen molar-refractivity contribution in [2.75, 3.05) is 12.8 Å². The largest absolute Gasteiger partial charge is 0.449 e. The van der Waals surface area contributed by atoms with Crippen LogP contribution < -0.4 is 16.4 Å². The second kappa shape index (κ2) is 6.76. The minimum Gasteiger partial charge on any atom is -0.449 e. The molecule has 0 fully saturated rings. The fourth-order valence-electron chi connectivity index (χ4n) is 1.26. The van der Waals surface area contributed by atoms with Crippen molar-refractivity contribution in [2.45, 2.75) is 13.0 Å². The molecule has 0 heterocycles. The van der Waals surface area contributed by atoms with Crippen LogP contribution in [0.1, 0.15) is 17.3 Å². The lowest BCUT2D eigenvalue weighted by Gasteiger charge is -2.13. The van der Waals surface area contributed by atoms with Crippen LogP contribution in [-0.4, -0.2) is 31.1 Å². The number of anilines is 1. The highest BCUT2D eigenvalue weighted by molar-refractivity contribution is 6.36. The van der Waals surface area contributed by atoms with Gasteiger partial charge in [-0.15, -0.1) is 0 Å². The Morgan fingerprint density at radius 3 is 2.60 bits per heavy atom. The zero-order valence-corrected chi connectivity index (χ0v) is 11.7. The molecule has 20 heavy (non-hydrogen) atoms. The van der Waals surface area contributed by atoms with Crippen molar-refractivity contribution in [1.82, 2.24) is 10.6 Å². The van der Waals surface area contributed by atoms with Crippen molar-refractivity contribution >= 4 is 35.2 Å². The molecule has 1 aromatic rings. The molecule has 0 spiro atoms. The minimum absolute atomic E-state index is 0.0475. The van der Waals surface area contributed by atoms with Crippen LogP contribution in [0.3, 0.4) is 0 Å². The highest BCUT2D eigenvalue weighted by Crippen LogP contribution is 2.23. The molecule has 0 saturated carbocycles. The van der Waals surface area contributed by atoms with Gasteiger partial charge < -0.3 is 15.8 Å². The third kappa shape index (κ3) is 3.86. The number of carbonyl (C=O) groups excluding carboxylic acids is 3. The molecule has 1 aromatic carbocycles. The highest BCUT2D eigenvalue weighted by atomic mass is 35.5. The van der Waals surface area contributed by atoms with Crippen LogP contribution in [0.2, 0.25) is 5.02 Å². The number of nitrogens with one attached hydrogen (secondary N) is 2. The number of rotatable bonds is 3. The summed E-state index contributed by atoms with van der Waals surface area (Å²) in [4.78, 5) is 34.3. The topological polar surface area (TPSA) is 111 Å². The molecule has 0 saturated heterocycles. The van der Waals surface area contributed by atoms with E-state index in [0.717, 1.165) is 0 Å². The molecule has 108 valence electrons. The summed E-state index contributed by atoms with van der Waals surface area (Å²) in [5, 5.41) is 4.24. The Kier molecular flexibility index (Phi) is 5.33. The van der Waals surface area contributed by atoms with E-state index in [-0.39, 0.29) is 16.3 Å². The molecule has 0 aliphatic carbocycles. The maximum absolute atomic E-state index is 11.8. The smallest absolute Gasteiger partial charge is 0.340 e. The summed E-state index contributed by atoms with van der Waals surface area (Å²) in [5.74, 6) is -1.56. The normalized spacial score (nSPS) is 11.3. The molecule has 0 aromatic heterocycles. The van der Waals surface area contributed by atoms with Gasteiger partial charge in [-0.25, -0.2) is 9.59 Å². The summed E-state index contributed by atoms with van der Waals surface area (Å²) in [6.07, 6.45) is -1.16. The number of hydrogen-bond acceptors (Lipinski definition) is 5. The molecule has 7 nitrogen and oxygen atoms in total. The van der Waals surface area contributed by atoms with E-state index in [9.17, 15) is 14.4 Å². The van der Waals surface area contributed by atoms with Gasteiger partial charge in [0.15, 0.2) is 6.10 Å². The predicted molar refractivity (Wildman–Crippen MR) is 73.3 cm³/mol. The summed E-state index contributed by atoms with van der Waals surface area (Å²) < 4.78 is 4.91. The molecule has 0 aliphatic rings. The van der Waals surface area contributed by atoms with Crippen molar-refractivity contribution in [3.8, 4) is 0 Å². The molecule has 0 aliphatic heterocycles. The monoisotopic (exact) mass is 299 g/mol. The first kappa shape index (κ1) is 15.8. The molecule has 3 amide bonds. The van der Waals surface area contributed by atoms with Gasteiger partial charge in [-0.2, -0.15) is 0 Å². The number of esters is 1. The van der Waals surface area contributed by atoms with Gasteiger partial charge in [0.2, 0.25) is 0 Å². The van der Waals surface area contributed by atoms with Gasteiger partial charge in [0.05, 0.1) is 16.3 Å². The molecule has 4 N–H and O–H groups in total. The molecule has 8 heteroatoms. The molecule has 1 rings (SSSR count). The van der Waals surface area contributed by atoms with Gasteiger partial charge in [0.1, 0.15) is 0 Å². The van der Waals surface area contributed by atoms with E-state index >= 15 is 0 Å². The lowest BCUT2D eigenvalue weighted by Crippen LogP contribution is -2.43. The number of carbonyl (C=O) groups is 3. The Balaban J connectivity index is 2.73. The SMILES string of the molecule is CNC(=O)NC(=O)C(C)OC(=O)c1cccc(N)c1Cl. The average molecular weight is 300 g/mol. The van der Waals surface area contributed by atoms with E-state index < -0.39 is 24.0 Å². The van der Waals surface area contributed by atoms with Crippen molar-refractivity contribution in [3.63, 3.8) is 0 Å². The Hall–Kier alpha value is -2.28. The minimum atomic E-state index is -1.16. The maximum Gasteiger partial charge on any atom is 0.340 e. The van der Waals surface area contributed by atoms with Crippen LogP contribution in [0.4, 0.5) is 10.5 Å². The molecule has 1 atom stereocenters. The van der Waals surface area contributed by atoms with Crippen LogP contribution in [0.5, 0.6) is 0 Å². The number of ether oxygens (including phenoxy) is 1. The van der Waals surface area contributed by atoms with Gasteiger partial charge in [-0.05, 0) is 19.1 Å². The van der Waals surface area contributed by atoms with Crippen molar-refractivity contribution in [2.24, 2.45) is 0 Å². The Labute approximate surface area is 120 Å². The van der Waals surface area contributed by atoms with E-state index in [2.05, 4.69) is 5.32 Å². The van der Waals surface area contributed by atoms with E-state index in [4.69, 9.17) is 22.1 Å². The molecule has 1 unspecified atom stereocenters. The predicted octanol–water partition coefficient (Wildman–Crippen LogP) is 0.923. The van der Waals surface area contributed by atoms with Crippen LogP contribution in [0, 0.1) is 0 Å². The zero-order chi connectivity index (χ0) is 15.3. The lowest BCUT2D eigenvalue weighted by atomic mass is 10.2. The van der Waals surface area contributed by atoms with E-state index in [0.29, 0.717) is 0 Å². The number of benzene rings is 1. The fraction of sp³-hybridized carbons (Fsp3) is 0.250. The third-order valence-electron chi connectivity index (χ3n) is 2.37. The Bertz CT molecular complexity index is 548. The summed E-state index contributed by atoms with van der Waals surface area (Å²) in [6.45, 7) is 1.33. The van der Waals surface area contributed by atoms with E-state index in [1.165, 1.54) is 32.2 Å². The maximum atomic E-state index is 11.8. The molecule has 0 radical (unpaired) electrons. The lowest BCUT2D eigenvalue weighted by molar-refractivity contribution is -0.127. The molecular weight excluding hydrogens is 286 g/mol. The number of imide groups is 1. The van der Waals surface area contributed by atoms with Crippen LogP contribution in [0.15, 0.2) is 18.2 Å². The first-order chi connectivity index (χ1) is 9.36. The fourth-order valence-corrected chi connectivity index (χ4v) is 1.46. The van der Waals surface area contributed by atoms with Crippen molar-refractivity contribution in [3.05, 3.63) is 28.8 Å². The molecular formula is C12H14ClN3O4. The van der Waals surface area contributed by atoms with Gasteiger partial charge in [0, 0.05) is 7.05 Å². The number of urea groups is 1. The van der Waals surface area contributed by atoms with Crippen LogP contribution >= 0.6 is 11.6 Å². The first-order valence-corrected chi connectivity index (χ1v) is 6.02. The van der Waals surface area contributed by atoms with Crippen molar-refractivity contribution < 1.29 is 19.1 Å². The standard InChI is InChI=1S/C12H14ClN3O4/c1-6(10(17)16-12(19)15-2)20-11(18)7-4-3-5-8(14)9(7)13/h3-6H,14H2,1-2H3,(H2,15,16,17,19). The van der Waals surface area contributed by atoms with E-state index in [1.54, 1.807) is 0 Å². The second-order valence-electron chi connectivity index (χ2n) is 3.82. The zero-order valence-electron chi connectivity index (χ0n) is 10.9. The number of halogens is 1. The second-order valence-corrected chi connectivity index (χ2v) is 4.20. The van der Waals surface area contributed by atoms with Gasteiger partial charge >= 0.3 is 12.0 Å². The number of amides is 3. The summed E-state index contributed by atoms with van der Waals surface area (Å²) >= 11 is 5.87. The Morgan fingerprint density at radius 1 is 1.35 bits per heavy atom. The van der Waals surface area contributed by atoms with E-state index in [1.807, 2.05) is 5.32 Å². The molecule has 0 bridgehead atoms. The summed E-state index contributed by atoms with van der Waals surface area (Å²) in [6, 6.07) is 3.79. The van der Waals surface area contributed by atoms with Gasteiger partial charge in [0.25, 0.3) is 5.91 Å². The Morgan fingerprint density at radius 2 is 2.00 bits per heavy atom. The number of hydrogen-bond donors (Lipinski definition) is 3. The average Bonchev–Trinajstić information content (AvgIpc) is 2.41. The van der Waals surface area contributed by atoms with Gasteiger partial charge in [-0.3, -0.25) is 10.1 Å².